The third kappa shape index (κ3) is 3.57. The van der Waals surface area contributed by atoms with Crippen molar-refractivity contribution in [1.82, 2.24) is 4.90 Å². The lowest BCUT2D eigenvalue weighted by Gasteiger charge is -2.41. The molecule has 0 saturated carbocycles. The smallest absolute Gasteiger partial charge is 0.137 e. The SMILES string of the molecule is CCC1(CC)CCN(Cc2ccc(F)c(Br)c2)CC1. The molecule has 1 aromatic carbocycles. The van der Waals surface area contributed by atoms with Gasteiger partial charge in [0.25, 0.3) is 0 Å². The van der Waals surface area contributed by atoms with E-state index in [2.05, 4.69) is 34.7 Å². The Labute approximate surface area is 124 Å². The Balaban J connectivity index is 1.93. The molecule has 0 spiro atoms. The second-order valence-corrected chi connectivity index (χ2v) is 6.59. The van der Waals surface area contributed by atoms with Gasteiger partial charge in [-0.3, -0.25) is 4.90 Å². The van der Waals surface area contributed by atoms with E-state index in [0.29, 0.717) is 9.89 Å². The molecule has 0 amide bonds. The Morgan fingerprint density at radius 2 is 1.84 bits per heavy atom. The number of rotatable bonds is 4. The Morgan fingerprint density at radius 1 is 1.21 bits per heavy atom. The Kier molecular flexibility index (Phi) is 5.02. The van der Waals surface area contributed by atoms with E-state index in [1.54, 1.807) is 6.07 Å². The van der Waals surface area contributed by atoms with E-state index in [1.807, 2.05) is 12.1 Å². The van der Waals surface area contributed by atoms with Gasteiger partial charge in [-0.2, -0.15) is 0 Å². The highest BCUT2D eigenvalue weighted by atomic mass is 79.9. The fourth-order valence-corrected chi connectivity index (χ4v) is 3.46. The molecule has 0 aliphatic carbocycles. The molecule has 19 heavy (non-hydrogen) atoms. The lowest BCUT2D eigenvalue weighted by molar-refractivity contribution is 0.0909. The first-order chi connectivity index (χ1) is 9.08. The topological polar surface area (TPSA) is 3.24 Å². The minimum Gasteiger partial charge on any atom is -0.299 e. The quantitative estimate of drug-likeness (QED) is 0.752. The maximum absolute atomic E-state index is 13.2. The van der Waals surface area contributed by atoms with Crippen molar-refractivity contribution in [3.63, 3.8) is 0 Å². The van der Waals surface area contributed by atoms with Crippen LogP contribution in [-0.2, 0) is 6.54 Å². The van der Waals surface area contributed by atoms with Gasteiger partial charge < -0.3 is 0 Å². The lowest BCUT2D eigenvalue weighted by Crippen LogP contribution is -2.39. The van der Waals surface area contributed by atoms with Crippen molar-refractivity contribution >= 4 is 15.9 Å². The largest absolute Gasteiger partial charge is 0.299 e. The molecule has 1 nitrogen and oxygen atoms in total. The van der Waals surface area contributed by atoms with Crippen LogP contribution in [-0.4, -0.2) is 18.0 Å². The zero-order chi connectivity index (χ0) is 13.9. The van der Waals surface area contributed by atoms with Crippen molar-refractivity contribution in [3.05, 3.63) is 34.1 Å². The zero-order valence-electron chi connectivity index (χ0n) is 11.9. The molecule has 1 heterocycles. The average molecular weight is 328 g/mol. The van der Waals surface area contributed by atoms with Crippen LogP contribution in [0, 0.1) is 11.2 Å². The van der Waals surface area contributed by atoms with Crippen LogP contribution in [0.4, 0.5) is 4.39 Å². The standard InChI is InChI=1S/C16H23BrFN/c1-3-16(4-2)7-9-19(10-8-16)12-13-5-6-15(18)14(17)11-13/h5-6,11H,3-4,7-10,12H2,1-2H3. The van der Waals surface area contributed by atoms with Gasteiger partial charge in [0.2, 0.25) is 0 Å². The molecule has 0 radical (unpaired) electrons. The third-order valence-corrected chi connectivity index (χ3v) is 5.41. The first-order valence-corrected chi connectivity index (χ1v) is 8.04. The van der Waals surface area contributed by atoms with E-state index in [-0.39, 0.29) is 5.82 Å². The fourth-order valence-electron chi connectivity index (χ4n) is 3.04. The minimum atomic E-state index is -0.182. The highest BCUT2D eigenvalue weighted by Crippen LogP contribution is 2.38. The van der Waals surface area contributed by atoms with E-state index in [4.69, 9.17) is 0 Å². The van der Waals surface area contributed by atoms with E-state index >= 15 is 0 Å². The van der Waals surface area contributed by atoms with Crippen molar-refractivity contribution in [2.24, 2.45) is 5.41 Å². The van der Waals surface area contributed by atoms with Gasteiger partial charge in [0, 0.05) is 6.54 Å². The minimum absolute atomic E-state index is 0.182. The summed E-state index contributed by atoms with van der Waals surface area (Å²) in [4.78, 5) is 2.49. The summed E-state index contributed by atoms with van der Waals surface area (Å²) in [7, 11) is 0. The molecule has 1 aromatic rings. The summed E-state index contributed by atoms with van der Waals surface area (Å²) in [6.07, 6.45) is 5.17. The number of likely N-dealkylation sites (tertiary alicyclic amines) is 1. The Morgan fingerprint density at radius 3 is 2.37 bits per heavy atom. The highest BCUT2D eigenvalue weighted by Gasteiger charge is 2.30. The van der Waals surface area contributed by atoms with Crippen molar-refractivity contribution in [2.45, 2.75) is 46.1 Å². The van der Waals surface area contributed by atoms with Gasteiger partial charge in [0.05, 0.1) is 4.47 Å². The van der Waals surface area contributed by atoms with Gasteiger partial charge in [-0.25, -0.2) is 4.39 Å². The number of nitrogens with zero attached hydrogens (tertiary/aromatic N) is 1. The van der Waals surface area contributed by atoms with E-state index in [0.717, 1.165) is 19.6 Å². The van der Waals surface area contributed by atoms with Gasteiger partial charge in [0.15, 0.2) is 0 Å². The third-order valence-electron chi connectivity index (χ3n) is 4.81. The van der Waals surface area contributed by atoms with Crippen molar-refractivity contribution in [3.8, 4) is 0 Å². The fraction of sp³-hybridized carbons (Fsp3) is 0.625. The van der Waals surface area contributed by atoms with Gasteiger partial charge in [-0.05, 0) is 65.0 Å². The average Bonchev–Trinajstić information content (AvgIpc) is 2.44. The van der Waals surface area contributed by atoms with Crippen molar-refractivity contribution in [1.29, 1.82) is 0 Å². The molecular formula is C16H23BrFN. The van der Waals surface area contributed by atoms with Crippen LogP contribution in [0.15, 0.2) is 22.7 Å². The predicted octanol–water partition coefficient (Wildman–Crippen LogP) is 4.99. The summed E-state index contributed by atoms with van der Waals surface area (Å²) in [5.74, 6) is -0.182. The summed E-state index contributed by atoms with van der Waals surface area (Å²) in [6, 6.07) is 5.34. The van der Waals surface area contributed by atoms with Crippen LogP contribution in [0.3, 0.4) is 0 Å². The van der Waals surface area contributed by atoms with Gasteiger partial charge in [-0.1, -0.05) is 32.8 Å². The summed E-state index contributed by atoms with van der Waals surface area (Å²) in [6.45, 7) is 7.89. The van der Waals surface area contributed by atoms with Gasteiger partial charge >= 0.3 is 0 Å². The van der Waals surface area contributed by atoms with Crippen LogP contribution in [0.5, 0.6) is 0 Å². The molecular weight excluding hydrogens is 305 g/mol. The van der Waals surface area contributed by atoms with Gasteiger partial charge in [-0.15, -0.1) is 0 Å². The molecule has 0 N–H and O–H groups in total. The summed E-state index contributed by atoms with van der Waals surface area (Å²) in [5.41, 5.74) is 1.76. The normalized spacial score (nSPS) is 19.6. The molecule has 2 rings (SSSR count). The number of halogens is 2. The van der Waals surface area contributed by atoms with Crippen LogP contribution in [0.2, 0.25) is 0 Å². The highest BCUT2D eigenvalue weighted by molar-refractivity contribution is 9.10. The van der Waals surface area contributed by atoms with Crippen LogP contribution in [0.25, 0.3) is 0 Å². The number of piperidine rings is 1. The Bertz CT molecular complexity index is 419. The van der Waals surface area contributed by atoms with Crippen molar-refractivity contribution in [2.75, 3.05) is 13.1 Å². The summed E-state index contributed by atoms with van der Waals surface area (Å²) < 4.78 is 13.8. The van der Waals surface area contributed by atoms with E-state index in [9.17, 15) is 4.39 Å². The molecule has 0 unspecified atom stereocenters. The Hall–Kier alpha value is -0.410. The monoisotopic (exact) mass is 327 g/mol. The zero-order valence-corrected chi connectivity index (χ0v) is 13.5. The van der Waals surface area contributed by atoms with Gasteiger partial charge in [0.1, 0.15) is 5.82 Å². The molecule has 1 fully saturated rings. The number of hydrogen-bond donors (Lipinski definition) is 0. The first kappa shape index (κ1) is 15.0. The molecule has 0 aromatic heterocycles. The molecule has 106 valence electrons. The van der Waals surface area contributed by atoms with E-state index < -0.39 is 0 Å². The molecule has 1 aliphatic rings. The van der Waals surface area contributed by atoms with Crippen LogP contribution in [0.1, 0.15) is 45.1 Å². The maximum atomic E-state index is 13.2. The molecule has 0 bridgehead atoms. The lowest BCUT2D eigenvalue weighted by atomic mass is 9.74. The number of benzene rings is 1. The summed E-state index contributed by atoms with van der Waals surface area (Å²) >= 11 is 3.26. The maximum Gasteiger partial charge on any atom is 0.137 e. The van der Waals surface area contributed by atoms with Crippen LogP contribution >= 0.6 is 15.9 Å². The molecule has 1 saturated heterocycles. The molecule has 3 heteroatoms. The van der Waals surface area contributed by atoms with E-state index in [1.165, 1.54) is 31.2 Å². The molecule has 1 aliphatic heterocycles. The second kappa shape index (κ2) is 6.36. The predicted molar refractivity (Wildman–Crippen MR) is 81.6 cm³/mol. The molecule has 0 atom stereocenters. The first-order valence-electron chi connectivity index (χ1n) is 7.25. The van der Waals surface area contributed by atoms with Crippen LogP contribution < -0.4 is 0 Å². The second-order valence-electron chi connectivity index (χ2n) is 5.73. The summed E-state index contributed by atoms with van der Waals surface area (Å²) in [5, 5.41) is 0. The van der Waals surface area contributed by atoms with Crippen molar-refractivity contribution < 1.29 is 4.39 Å². The number of hydrogen-bond acceptors (Lipinski definition) is 1.